The average molecular weight is 468 g/mol. The van der Waals surface area contributed by atoms with Gasteiger partial charge in [0.05, 0.1) is 4.91 Å². The first-order valence-corrected chi connectivity index (χ1v) is 11.2. The van der Waals surface area contributed by atoms with Gasteiger partial charge in [-0.2, -0.15) is 0 Å². The van der Waals surface area contributed by atoms with E-state index in [0.29, 0.717) is 30.2 Å². The van der Waals surface area contributed by atoms with Gasteiger partial charge >= 0.3 is 0 Å². The van der Waals surface area contributed by atoms with E-state index >= 15 is 0 Å². The molecule has 3 amide bonds. The van der Waals surface area contributed by atoms with Gasteiger partial charge in [-0.3, -0.25) is 19.3 Å². The molecule has 0 unspecified atom stereocenters. The van der Waals surface area contributed by atoms with Crippen molar-refractivity contribution in [3.63, 3.8) is 0 Å². The second-order valence-electron chi connectivity index (χ2n) is 7.46. The number of halogens is 1. The van der Waals surface area contributed by atoms with Crippen LogP contribution in [0.2, 0.25) is 0 Å². The Kier molecular flexibility index (Phi) is 6.90. The summed E-state index contributed by atoms with van der Waals surface area (Å²) in [6.45, 7) is 0.805. The number of benzene rings is 2. The van der Waals surface area contributed by atoms with Gasteiger partial charge in [0, 0.05) is 48.6 Å². The fourth-order valence-corrected chi connectivity index (χ4v) is 4.47. The van der Waals surface area contributed by atoms with Gasteiger partial charge in [-0.1, -0.05) is 18.2 Å². The summed E-state index contributed by atoms with van der Waals surface area (Å²) in [7, 11) is 1.57. The maximum atomic E-state index is 13.1. The number of thioether (sulfide) groups is 1. The first-order valence-electron chi connectivity index (χ1n) is 10.3. The Morgan fingerprint density at radius 1 is 1.15 bits per heavy atom. The van der Waals surface area contributed by atoms with Crippen LogP contribution in [0.15, 0.2) is 59.6 Å². The van der Waals surface area contributed by atoms with E-state index < -0.39 is 0 Å². The second-order valence-corrected chi connectivity index (χ2v) is 8.46. The molecule has 0 bridgehead atoms. The van der Waals surface area contributed by atoms with E-state index in [0.717, 1.165) is 28.2 Å². The molecule has 4 rings (SSSR count). The van der Waals surface area contributed by atoms with Crippen molar-refractivity contribution in [3.8, 4) is 0 Å². The van der Waals surface area contributed by atoms with Crippen LogP contribution in [0.1, 0.15) is 12.0 Å². The molecule has 0 atom stereocenters. The molecule has 0 aliphatic carbocycles. The standard InChI is InChI=1S/C24H22FN3O4S/c1-32-12-4-11-28-23(30)21(33-24(28)31)13-16-14-27(20-6-3-2-5-19(16)20)15-22(29)26-18-9-7-17(25)8-10-18/h2-3,5-10,13-14H,4,11-12,15H2,1H3,(H,26,29)/b21-13+. The summed E-state index contributed by atoms with van der Waals surface area (Å²) in [5.41, 5.74) is 2.06. The lowest BCUT2D eigenvalue weighted by Crippen LogP contribution is -2.29. The van der Waals surface area contributed by atoms with Crippen molar-refractivity contribution >= 4 is 51.5 Å². The molecule has 0 radical (unpaired) electrons. The summed E-state index contributed by atoms with van der Waals surface area (Å²) in [6.07, 6.45) is 4.05. The molecule has 9 heteroatoms. The summed E-state index contributed by atoms with van der Waals surface area (Å²) in [5.74, 6) is -0.975. The monoisotopic (exact) mass is 467 g/mol. The molecular formula is C24H22FN3O4S. The number of anilines is 1. The molecule has 2 heterocycles. The minimum Gasteiger partial charge on any atom is -0.385 e. The number of nitrogens with zero attached hydrogens (tertiary/aromatic N) is 2. The molecule has 1 fully saturated rings. The van der Waals surface area contributed by atoms with E-state index in [-0.39, 0.29) is 29.4 Å². The zero-order valence-corrected chi connectivity index (χ0v) is 18.7. The highest BCUT2D eigenvalue weighted by Gasteiger charge is 2.34. The van der Waals surface area contributed by atoms with Gasteiger partial charge in [-0.05, 0) is 54.6 Å². The number of methoxy groups -OCH3 is 1. The van der Waals surface area contributed by atoms with Crippen LogP contribution in [0, 0.1) is 5.82 Å². The third-order valence-electron chi connectivity index (χ3n) is 5.15. The number of hydrogen-bond acceptors (Lipinski definition) is 5. The first-order chi connectivity index (χ1) is 16.0. The average Bonchev–Trinajstić information content (AvgIpc) is 3.27. The molecule has 1 aliphatic heterocycles. The van der Waals surface area contributed by atoms with Crippen LogP contribution in [0.5, 0.6) is 0 Å². The number of fused-ring (bicyclic) bond motifs is 1. The lowest BCUT2D eigenvalue weighted by Gasteiger charge is -2.11. The van der Waals surface area contributed by atoms with Crippen molar-refractivity contribution < 1.29 is 23.5 Å². The predicted octanol–water partition coefficient (Wildman–Crippen LogP) is 4.49. The zero-order valence-electron chi connectivity index (χ0n) is 17.9. The van der Waals surface area contributed by atoms with Gasteiger partial charge in [0.25, 0.3) is 11.1 Å². The van der Waals surface area contributed by atoms with Gasteiger partial charge in [0.15, 0.2) is 0 Å². The normalized spacial score (nSPS) is 15.1. The van der Waals surface area contributed by atoms with E-state index in [1.807, 2.05) is 24.3 Å². The number of nitrogens with one attached hydrogen (secondary N) is 1. The Morgan fingerprint density at radius 3 is 2.67 bits per heavy atom. The van der Waals surface area contributed by atoms with Crippen LogP contribution in [0.3, 0.4) is 0 Å². The Bertz CT molecular complexity index is 1240. The Hall–Kier alpha value is -3.43. The van der Waals surface area contributed by atoms with Crippen LogP contribution in [-0.2, 0) is 20.9 Å². The maximum Gasteiger partial charge on any atom is 0.293 e. The Morgan fingerprint density at radius 2 is 1.91 bits per heavy atom. The molecule has 0 spiro atoms. The fraction of sp³-hybridized carbons (Fsp3) is 0.208. The number of imide groups is 1. The second kappa shape index (κ2) is 10.0. The van der Waals surface area contributed by atoms with E-state index in [1.54, 1.807) is 23.9 Å². The van der Waals surface area contributed by atoms with Crippen LogP contribution in [-0.4, -0.2) is 46.8 Å². The first kappa shape index (κ1) is 22.8. The molecule has 170 valence electrons. The number of carbonyl (C=O) groups excluding carboxylic acids is 3. The minimum atomic E-state index is -0.378. The van der Waals surface area contributed by atoms with Crippen molar-refractivity contribution in [2.75, 3.05) is 25.6 Å². The quantitative estimate of drug-likeness (QED) is 0.390. The molecule has 1 aromatic heterocycles. The molecule has 1 aliphatic rings. The van der Waals surface area contributed by atoms with Crippen molar-refractivity contribution in [1.29, 1.82) is 0 Å². The number of amides is 3. The number of aromatic nitrogens is 1. The van der Waals surface area contributed by atoms with Crippen LogP contribution in [0.4, 0.5) is 14.9 Å². The third-order valence-corrected chi connectivity index (χ3v) is 6.06. The Balaban J connectivity index is 1.56. The zero-order chi connectivity index (χ0) is 23.4. The largest absolute Gasteiger partial charge is 0.385 e. The van der Waals surface area contributed by atoms with Gasteiger partial charge in [0.1, 0.15) is 12.4 Å². The summed E-state index contributed by atoms with van der Waals surface area (Å²) in [5, 5.41) is 3.30. The molecule has 3 aromatic rings. The highest BCUT2D eigenvalue weighted by atomic mass is 32.2. The van der Waals surface area contributed by atoms with Crippen molar-refractivity contribution in [3.05, 3.63) is 71.0 Å². The van der Waals surface area contributed by atoms with Crippen LogP contribution in [0.25, 0.3) is 17.0 Å². The van der Waals surface area contributed by atoms with Crippen LogP contribution < -0.4 is 5.32 Å². The van der Waals surface area contributed by atoms with Gasteiger partial charge in [-0.25, -0.2) is 4.39 Å². The molecule has 1 N–H and O–H groups in total. The van der Waals surface area contributed by atoms with E-state index in [1.165, 1.54) is 29.2 Å². The summed E-state index contributed by atoms with van der Waals surface area (Å²) >= 11 is 0.908. The summed E-state index contributed by atoms with van der Waals surface area (Å²) in [4.78, 5) is 39.2. The Labute approximate surface area is 194 Å². The smallest absolute Gasteiger partial charge is 0.293 e. The molecule has 7 nitrogen and oxygen atoms in total. The van der Waals surface area contributed by atoms with E-state index in [4.69, 9.17) is 4.74 Å². The topological polar surface area (TPSA) is 80.6 Å². The van der Waals surface area contributed by atoms with Crippen molar-refractivity contribution in [2.24, 2.45) is 0 Å². The number of para-hydroxylation sites is 1. The van der Waals surface area contributed by atoms with Gasteiger partial charge < -0.3 is 14.6 Å². The van der Waals surface area contributed by atoms with E-state index in [9.17, 15) is 18.8 Å². The highest BCUT2D eigenvalue weighted by molar-refractivity contribution is 8.18. The third kappa shape index (κ3) is 5.15. The minimum absolute atomic E-state index is 0.0320. The molecule has 33 heavy (non-hydrogen) atoms. The lowest BCUT2D eigenvalue weighted by atomic mass is 10.1. The number of ether oxygens (including phenoxy) is 1. The fourth-order valence-electron chi connectivity index (χ4n) is 3.61. The van der Waals surface area contributed by atoms with Gasteiger partial charge in [0.2, 0.25) is 5.91 Å². The lowest BCUT2D eigenvalue weighted by molar-refractivity contribution is -0.122. The number of hydrogen-bond donors (Lipinski definition) is 1. The van der Waals surface area contributed by atoms with Gasteiger partial charge in [-0.15, -0.1) is 0 Å². The molecular weight excluding hydrogens is 445 g/mol. The SMILES string of the molecule is COCCCN1C(=O)S/C(=C/c2cn(CC(=O)Nc3ccc(F)cc3)c3ccccc23)C1=O. The number of carbonyl (C=O) groups is 3. The molecule has 0 saturated carbocycles. The predicted molar refractivity (Wildman–Crippen MR) is 126 cm³/mol. The molecule has 2 aromatic carbocycles. The van der Waals surface area contributed by atoms with Crippen molar-refractivity contribution in [1.82, 2.24) is 9.47 Å². The van der Waals surface area contributed by atoms with Crippen LogP contribution >= 0.6 is 11.8 Å². The maximum absolute atomic E-state index is 13.1. The van der Waals surface area contributed by atoms with Crippen molar-refractivity contribution in [2.45, 2.75) is 13.0 Å². The summed E-state index contributed by atoms with van der Waals surface area (Å²) in [6, 6.07) is 13.1. The summed E-state index contributed by atoms with van der Waals surface area (Å²) < 4.78 is 19.9. The number of rotatable bonds is 8. The molecule has 1 saturated heterocycles. The highest BCUT2D eigenvalue weighted by Crippen LogP contribution is 2.34. The van der Waals surface area contributed by atoms with E-state index in [2.05, 4.69) is 5.32 Å².